The summed E-state index contributed by atoms with van der Waals surface area (Å²) in [5.74, 6) is 1.94. The molecule has 4 aromatic rings. The highest BCUT2D eigenvalue weighted by molar-refractivity contribution is 7.98. The summed E-state index contributed by atoms with van der Waals surface area (Å²) in [5, 5.41) is 4.65. The van der Waals surface area contributed by atoms with E-state index in [0.29, 0.717) is 5.13 Å². The molecule has 0 bridgehead atoms. The summed E-state index contributed by atoms with van der Waals surface area (Å²) in [5.41, 5.74) is 3.72. The van der Waals surface area contributed by atoms with Crippen LogP contribution in [0.2, 0.25) is 0 Å². The molecule has 0 saturated heterocycles. The van der Waals surface area contributed by atoms with Crippen LogP contribution >= 0.6 is 34.4 Å². The summed E-state index contributed by atoms with van der Waals surface area (Å²) >= 11 is 5.11. The van der Waals surface area contributed by atoms with E-state index >= 15 is 0 Å². The lowest BCUT2D eigenvalue weighted by Gasteiger charge is -2.12. The lowest BCUT2D eigenvalue weighted by atomic mass is 10.1. The van der Waals surface area contributed by atoms with E-state index in [1.54, 1.807) is 17.5 Å². The Morgan fingerprint density at radius 2 is 2.03 bits per heavy atom. The second-order valence-corrected chi connectivity index (χ2v) is 9.87. The Morgan fingerprint density at radius 1 is 1.17 bits per heavy atom. The largest absolute Gasteiger partial charge is 0.315 e. The maximum atomic E-state index is 13.3. The number of rotatable bonds is 4. The Morgan fingerprint density at radius 3 is 2.83 bits per heavy atom. The monoisotopic (exact) mass is 438 g/mol. The number of pyridine rings is 1. The van der Waals surface area contributed by atoms with Gasteiger partial charge in [-0.25, -0.2) is 4.98 Å². The smallest absolute Gasteiger partial charge is 0.260 e. The first kappa shape index (κ1) is 18.6. The van der Waals surface area contributed by atoms with E-state index in [1.807, 2.05) is 66.0 Å². The molecule has 146 valence electrons. The van der Waals surface area contributed by atoms with Gasteiger partial charge in [-0.15, -0.1) is 11.3 Å². The van der Waals surface area contributed by atoms with E-state index < -0.39 is 0 Å². The fraction of sp³-hybridized carbons (Fsp3) is 0.190. The number of thiazole rings is 1. The lowest BCUT2D eigenvalue weighted by molar-refractivity contribution is 0.102. The van der Waals surface area contributed by atoms with E-state index in [1.165, 1.54) is 21.8 Å². The molecule has 0 atom stereocenters. The molecule has 4 aromatic heterocycles. The van der Waals surface area contributed by atoms with Crippen LogP contribution in [0.25, 0.3) is 15.6 Å². The number of hydrogen-bond donors (Lipinski definition) is 1. The standard InChI is InChI=1S/C21H18N4OS3/c1-13-18(15-6-2-3-8-22-15)29-21(23-13)24-19(26)17-14-7-11-27-12-16(14)28-20(17)25-9-4-5-10-25/h2-6,8-10H,7,11-12H2,1H3,(H,23,24,26). The molecule has 1 amide bonds. The minimum atomic E-state index is -0.0839. The van der Waals surface area contributed by atoms with E-state index in [0.717, 1.165) is 44.8 Å². The highest BCUT2D eigenvalue weighted by Crippen LogP contribution is 2.39. The molecule has 29 heavy (non-hydrogen) atoms. The molecule has 0 unspecified atom stereocenters. The van der Waals surface area contributed by atoms with Crippen molar-refractivity contribution in [1.29, 1.82) is 0 Å². The molecule has 5 rings (SSSR count). The van der Waals surface area contributed by atoms with Gasteiger partial charge in [-0.3, -0.25) is 15.1 Å². The summed E-state index contributed by atoms with van der Waals surface area (Å²) in [7, 11) is 0. The number of thioether (sulfide) groups is 1. The van der Waals surface area contributed by atoms with E-state index in [9.17, 15) is 4.79 Å². The summed E-state index contributed by atoms with van der Waals surface area (Å²) < 4.78 is 2.04. The first-order valence-electron chi connectivity index (χ1n) is 9.26. The number of nitrogens with zero attached hydrogens (tertiary/aromatic N) is 3. The van der Waals surface area contributed by atoms with Crippen molar-refractivity contribution < 1.29 is 4.79 Å². The average Bonchev–Trinajstić information content (AvgIpc) is 3.46. The topological polar surface area (TPSA) is 59.8 Å². The van der Waals surface area contributed by atoms with E-state index in [2.05, 4.69) is 15.3 Å². The molecule has 8 heteroatoms. The Labute approximate surface area is 180 Å². The van der Waals surface area contributed by atoms with Gasteiger partial charge in [-0.2, -0.15) is 11.8 Å². The maximum Gasteiger partial charge on any atom is 0.260 e. The van der Waals surface area contributed by atoms with Gasteiger partial charge in [0.15, 0.2) is 5.13 Å². The third-order valence-electron chi connectivity index (χ3n) is 4.78. The van der Waals surface area contributed by atoms with Crippen LogP contribution < -0.4 is 5.32 Å². The van der Waals surface area contributed by atoms with Gasteiger partial charge in [0.1, 0.15) is 5.00 Å². The zero-order valence-corrected chi connectivity index (χ0v) is 18.2. The predicted molar refractivity (Wildman–Crippen MR) is 122 cm³/mol. The minimum absolute atomic E-state index is 0.0839. The molecule has 0 saturated carbocycles. The van der Waals surface area contributed by atoms with Crippen LogP contribution in [-0.2, 0) is 12.2 Å². The number of fused-ring (bicyclic) bond motifs is 1. The van der Waals surface area contributed by atoms with Crippen LogP contribution in [-0.4, -0.2) is 26.2 Å². The molecule has 5 heterocycles. The Balaban J connectivity index is 1.50. The van der Waals surface area contributed by atoms with Gasteiger partial charge in [0, 0.05) is 29.2 Å². The number of nitrogens with one attached hydrogen (secondary N) is 1. The van der Waals surface area contributed by atoms with Crippen molar-refractivity contribution in [2.24, 2.45) is 0 Å². The maximum absolute atomic E-state index is 13.3. The van der Waals surface area contributed by atoms with Gasteiger partial charge in [0.25, 0.3) is 5.91 Å². The van der Waals surface area contributed by atoms with E-state index in [-0.39, 0.29) is 5.91 Å². The Bertz CT molecular complexity index is 1160. The van der Waals surface area contributed by atoms with Crippen molar-refractivity contribution >= 4 is 45.5 Å². The number of thiophene rings is 1. The second kappa shape index (κ2) is 7.78. The van der Waals surface area contributed by atoms with Gasteiger partial charge in [0.2, 0.25) is 0 Å². The number of hydrogen-bond acceptors (Lipinski definition) is 6. The molecule has 0 aromatic carbocycles. The summed E-state index contributed by atoms with van der Waals surface area (Å²) in [4.78, 5) is 24.6. The molecule has 5 nitrogen and oxygen atoms in total. The van der Waals surface area contributed by atoms with Crippen molar-refractivity contribution in [2.75, 3.05) is 11.1 Å². The van der Waals surface area contributed by atoms with Gasteiger partial charge in [-0.05, 0) is 48.9 Å². The number of amides is 1. The summed E-state index contributed by atoms with van der Waals surface area (Å²) in [6.07, 6.45) is 6.68. The fourth-order valence-corrected chi connectivity index (χ4v) is 6.83. The first-order chi connectivity index (χ1) is 14.2. The van der Waals surface area contributed by atoms with Crippen molar-refractivity contribution in [1.82, 2.24) is 14.5 Å². The highest BCUT2D eigenvalue weighted by atomic mass is 32.2. The van der Waals surface area contributed by atoms with E-state index in [4.69, 9.17) is 0 Å². The van der Waals surface area contributed by atoms with Gasteiger partial charge in [-0.1, -0.05) is 17.4 Å². The number of aromatic nitrogens is 3. The zero-order chi connectivity index (χ0) is 19.8. The minimum Gasteiger partial charge on any atom is -0.315 e. The van der Waals surface area contributed by atoms with Crippen molar-refractivity contribution in [2.45, 2.75) is 19.1 Å². The summed E-state index contributed by atoms with van der Waals surface area (Å²) in [6.45, 7) is 1.95. The average molecular weight is 439 g/mol. The molecule has 0 radical (unpaired) electrons. The molecular formula is C21H18N4OS3. The van der Waals surface area contributed by atoms with Crippen molar-refractivity contribution in [3.63, 3.8) is 0 Å². The third kappa shape index (κ3) is 3.52. The normalized spacial score (nSPS) is 13.3. The van der Waals surface area contributed by atoms with Crippen molar-refractivity contribution in [3.05, 3.63) is 70.6 Å². The number of carbonyl (C=O) groups is 1. The second-order valence-electron chi connectivity index (χ2n) is 6.68. The fourth-order valence-electron chi connectivity index (χ4n) is 3.45. The molecule has 1 aliphatic heterocycles. The SMILES string of the molecule is Cc1nc(NC(=O)c2c(-n3cccc3)sc3c2CCSC3)sc1-c1ccccn1. The molecular weight excluding hydrogens is 420 g/mol. The molecule has 0 spiro atoms. The molecule has 1 N–H and O–H groups in total. The first-order valence-corrected chi connectivity index (χ1v) is 12.1. The number of carbonyl (C=O) groups excluding carboxylic acids is 1. The van der Waals surface area contributed by atoms with Crippen LogP contribution in [0.5, 0.6) is 0 Å². The molecule has 0 aliphatic carbocycles. The zero-order valence-electron chi connectivity index (χ0n) is 15.7. The Hall–Kier alpha value is -2.42. The predicted octanol–water partition coefficient (Wildman–Crippen LogP) is 5.41. The molecule has 1 aliphatic rings. The van der Waals surface area contributed by atoms with Gasteiger partial charge in [0.05, 0.1) is 21.8 Å². The highest BCUT2D eigenvalue weighted by Gasteiger charge is 2.27. The van der Waals surface area contributed by atoms with Gasteiger partial charge >= 0.3 is 0 Å². The van der Waals surface area contributed by atoms with Crippen molar-refractivity contribution in [3.8, 4) is 15.6 Å². The Kier molecular flexibility index (Phi) is 4.99. The van der Waals surface area contributed by atoms with Crippen LogP contribution in [0, 0.1) is 6.92 Å². The van der Waals surface area contributed by atoms with Crippen LogP contribution in [0.1, 0.15) is 26.5 Å². The van der Waals surface area contributed by atoms with Crippen LogP contribution in [0.15, 0.2) is 48.9 Å². The van der Waals surface area contributed by atoms with Crippen LogP contribution in [0.4, 0.5) is 5.13 Å². The third-order valence-corrected chi connectivity index (χ3v) is 8.29. The lowest BCUT2D eigenvalue weighted by Crippen LogP contribution is -2.16. The summed E-state index contributed by atoms with van der Waals surface area (Å²) in [6, 6.07) is 9.78. The number of aryl methyl sites for hydroxylation is 1. The quantitative estimate of drug-likeness (QED) is 0.463. The van der Waals surface area contributed by atoms with Crippen LogP contribution in [0.3, 0.4) is 0 Å². The molecule has 0 fully saturated rings. The number of anilines is 1. The van der Waals surface area contributed by atoms with Gasteiger partial charge < -0.3 is 4.57 Å².